The van der Waals surface area contributed by atoms with Crippen molar-refractivity contribution in [3.05, 3.63) is 75.6 Å². The average Bonchev–Trinajstić information content (AvgIpc) is 2.67. The van der Waals surface area contributed by atoms with Crippen molar-refractivity contribution in [3.63, 3.8) is 0 Å². The second-order valence-corrected chi connectivity index (χ2v) is 6.86. The maximum atomic E-state index is 13.3. The Kier molecular flexibility index (Phi) is 4.71. The molecule has 0 radical (unpaired) electrons. The highest BCUT2D eigenvalue weighted by atomic mass is 19.1. The number of hydrogen-bond acceptors (Lipinski definition) is 3. The maximum absolute atomic E-state index is 13.3. The number of benzene rings is 2. The molecule has 1 aromatic heterocycles. The normalized spacial score (nSPS) is 13.6. The fraction of sp³-hybridized carbons (Fsp3) is 0.286. The van der Waals surface area contributed by atoms with Gasteiger partial charge in [-0.05, 0) is 48.2 Å². The number of nitrogens with zero attached hydrogens (tertiary/aromatic N) is 2. The summed E-state index contributed by atoms with van der Waals surface area (Å²) >= 11 is 0. The number of nitrogens with one attached hydrogen (secondary N) is 1. The number of aryl methyl sites for hydroxylation is 1. The molecule has 1 amide bonds. The summed E-state index contributed by atoms with van der Waals surface area (Å²) in [6.07, 6.45) is 2.24. The number of halogens is 1. The van der Waals surface area contributed by atoms with Crippen molar-refractivity contribution < 1.29 is 9.18 Å². The molecule has 1 aliphatic heterocycles. The first kappa shape index (κ1) is 17.4. The van der Waals surface area contributed by atoms with Gasteiger partial charge in [0.2, 0.25) is 5.91 Å². The van der Waals surface area contributed by atoms with Crippen LogP contribution in [0.3, 0.4) is 0 Å². The first-order chi connectivity index (χ1) is 13.1. The number of amides is 1. The zero-order valence-electron chi connectivity index (χ0n) is 14.9. The van der Waals surface area contributed by atoms with Crippen molar-refractivity contribution in [1.82, 2.24) is 14.9 Å². The van der Waals surface area contributed by atoms with E-state index in [1.54, 1.807) is 18.2 Å². The second-order valence-electron chi connectivity index (χ2n) is 6.86. The molecule has 2 aromatic carbocycles. The van der Waals surface area contributed by atoms with Gasteiger partial charge in [0.25, 0.3) is 5.56 Å². The third-order valence-corrected chi connectivity index (χ3v) is 5.00. The molecule has 138 valence electrons. The molecule has 6 heteroatoms. The molecule has 1 N–H and O–H groups in total. The highest BCUT2D eigenvalue weighted by molar-refractivity contribution is 5.77. The predicted molar refractivity (Wildman–Crippen MR) is 101 cm³/mol. The van der Waals surface area contributed by atoms with E-state index in [1.807, 2.05) is 23.1 Å². The van der Waals surface area contributed by atoms with E-state index in [1.165, 1.54) is 6.07 Å². The van der Waals surface area contributed by atoms with E-state index < -0.39 is 0 Å². The fourth-order valence-corrected chi connectivity index (χ4v) is 3.55. The summed E-state index contributed by atoms with van der Waals surface area (Å²) in [5, 5.41) is 0.570. The Hall–Kier alpha value is -3.02. The van der Waals surface area contributed by atoms with Crippen molar-refractivity contribution in [2.75, 3.05) is 6.54 Å². The number of carbonyl (C=O) groups excluding carboxylic acids is 1. The highest BCUT2D eigenvalue weighted by Gasteiger charge is 2.20. The molecule has 0 saturated heterocycles. The predicted octanol–water partition coefficient (Wildman–Crippen LogP) is 2.97. The number of hydrogen-bond donors (Lipinski definition) is 1. The zero-order valence-corrected chi connectivity index (χ0v) is 14.9. The van der Waals surface area contributed by atoms with Crippen LogP contribution in [0.1, 0.15) is 29.8 Å². The molecule has 0 unspecified atom stereocenters. The van der Waals surface area contributed by atoms with Crippen molar-refractivity contribution in [2.24, 2.45) is 0 Å². The van der Waals surface area contributed by atoms with Crippen LogP contribution < -0.4 is 5.56 Å². The van der Waals surface area contributed by atoms with Crippen molar-refractivity contribution in [2.45, 2.75) is 32.2 Å². The van der Waals surface area contributed by atoms with Gasteiger partial charge in [-0.25, -0.2) is 9.37 Å². The lowest BCUT2D eigenvalue weighted by molar-refractivity contribution is -0.132. The van der Waals surface area contributed by atoms with E-state index in [4.69, 9.17) is 0 Å². The smallest absolute Gasteiger partial charge is 0.258 e. The third kappa shape index (κ3) is 3.74. The quantitative estimate of drug-likeness (QED) is 0.773. The Morgan fingerprint density at radius 3 is 2.93 bits per heavy atom. The molecule has 0 spiro atoms. The number of aromatic nitrogens is 2. The average molecular weight is 365 g/mol. The van der Waals surface area contributed by atoms with Gasteiger partial charge >= 0.3 is 0 Å². The molecule has 0 fully saturated rings. The lowest BCUT2D eigenvalue weighted by Crippen LogP contribution is -2.35. The Balaban J connectivity index is 1.36. The van der Waals surface area contributed by atoms with E-state index in [0.29, 0.717) is 55.5 Å². The van der Waals surface area contributed by atoms with Gasteiger partial charge in [0.1, 0.15) is 11.6 Å². The van der Waals surface area contributed by atoms with Gasteiger partial charge < -0.3 is 9.88 Å². The minimum Gasteiger partial charge on any atom is -0.338 e. The van der Waals surface area contributed by atoms with E-state index in [-0.39, 0.29) is 17.3 Å². The molecule has 5 nitrogen and oxygen atoms in total. The summed E-state index contributed by atoms with van der Waals surface area (Å²) in [5.74, 6) is 0.449. The number of carbonyl (C=O) groups is 1. The van der Waals surface area contributed by atoms with Gasteiger partial charge in [0, 0.05) is 25.9 Å². The zero-order chi connectivity index (χ0) is 18.8. The summed E-state index contributed by atoms with van der Waals surface area (Å²) in [4.78, 5) is 33.7. The van der Waals surface area contributed by atoms with Crippen LogP contribution in [-0.2, 0) is 24.2 Å². The molecular formula is C21H20FN3O2. The molecule has 3 aromatic rings. The number of rotatable bonds is 4. The maximum Gasteiger partial charge on any atom is 0.258 e. The highest BCUT2D eigenvalue weighted by Crippen LogP contribution is 2.21. The Morgan fingerprint density at radius 1 is 1.19 bits per heavy atom. The summed E-state index contributed by atoms with van der Waals surface area (Å²) in [7, 11) is 0. The van der Waals surface area contributed by atoms with E-state index in [0.717, 1.165) is 11.1 Å². The van der Waals surface area contributed by atoms with Crippen LogP contribution in [0.4, 0.5) is 4.39 Å². The first-order valence-corrected chi connectivity index (χ1v) is 9.13. The van der Waals surface area contributed by atoms with Crippen molar-refractivity contribution in [3.8, 4) is 0 Å². The first-order valence-electron chi connectivity index (χ1n) is 9.13. The van der Waals surface area contributed by atoms with Crippen molar-refractivity contribution >= 4 is 16.8 Å². The minimum absolute atomic E-state index is 0.0770. The Morgan fingerprint density at radius 2 is 2.04 bits per heavy atom. The number of para-hydroxylation sites is 1. The summed E-state index contributed by atoms with van der Waals surface area (Å²) < 4.78 is 13.3. The summed E-state index contributed by atoms with van der Waals surface area (Å²) in [6, 6.07) is 12.0. The molecule has 27 heavy (non-hydrogen) atoms. The van der Waals surface area contributed by atoms with Crippen LogP contribution in [0.5, 0.6) is 0 Å². The molecule has 2 heterocycles. The van der Waals surface area contributed by atoms with Gasteiger partial charge in [-0.15, -0.1) is 0 Å². The third-order valence-electron chi connectivity index (χ3n) is 5.00. The summed E-state index contributed by atoms with van der Waals surface area (Å²) in [6.45, 7) is 1.14. The van der Waals surface area contributed by atoms with Gasteiger partial charge in [0.15, 0.2) is 0 Å². The molecular weight excluding hydrogens is 345 g/mol. The van der Waals surface area contributed by atoms with Crippen LogP contribution in [-0.4, -0.2) is 27.3 Å². The van der Waals surface area contributed by atoms with Crippen LogP contribution in [0, 0.1) is 5.82 Å². The minimum atomic E-state index is -0.231. The lowest BCUT2D eigenvalue weighted by atomic mass is 9.99. The monoisotopic (exact) mass is 365 g/mol. The van der Waals surface area contributed by atoms with Crippen LogP contribution in [0.15, 0.2) is 47.3 Å². The fourth-order valence-electron chi connectivity index (χ4n) is 3.55. The SMILES string of the molecule is O=C(CCCc1nc2ccccc2c(=O)[nH]1)N1CCc2cc(F)ccc2C1. The lowest BCUT2D eigenvalue weighted by Gasteiger charge is -2.29. The number of fused-ring (bicyclic) bond motifs is 2. The van der Waals surface area contributed by atoms with Gasteiger partial charge in [0.05, 0.1) is 10.9 Å². The standard InChI is InChI=1S/C21H20FN3O2/c22-16-9-8-15-13-25(11-10-14(15)12-16)20(26)7-3-6-19-23-18-5-2-1-4-17(18)21(27)24-19/h1-2,4-5,8-9,12H,3,6-7,10-11,13H2,(H,23,24,27). The number of aromatic amines is 1. The molecule has 0 atom stereocenters. The van der Waals surface area contributed by atoms with E-state index in [2.05, 4.69) is 9.97 Å². The second kappa shape index (κ2) is 7.31. The van der Waals surface area contributed by atoms with E-state index in [9.17, 15) is 14.0 Å². The Labute approximate surface area is 155 Å². The summed E-state index contributed by atoms with van der Waals surface area (Å²) in [5.41, 5.74) is 2.51. The molecule has 0 aliphatic carbocycles. The Bertz CT molecular complexity index is 1060. The van der Waals surface area contributed by atoms with Crippen LogP contribution in [0.2, 0.25) is 0 Å². The molecule has 0 bridgehead atoms. The molecule has 0 saturated carbocycles. The van der Waals surface area contributed by atoms with Gasteiger partial charge in [-0.2, -0.15) is 0 Å². The van der Waals surface area contributed by atoms with Crippen LogP contribution in [0.25, 0.3) is 10.9 Å². The van der Waals surface area contributed by atoms with Crippen molar-refractivity contribution in [1.29, 1.82) is 0 Å². The topological polar surface area (TPSA) is 66.1 Å². The van der Waals surface area contributed by atoms with Gasteiger partial charge in [-0.3, -0.25) is 9.59 Å². The van der Waals surface area contributed by atoms with Crippen LogP contribution >= 0.6 is 0 Å². The molecule has 4 rings (SSSR count). The molecule has 1 aliphatic rings. The van der Waals surface area contributed by atoms with Gasteiger partial charge in [-0.1, -0.05) is 18.2 Å². The largest absolute Gasteiger partial charge is 0.338 e. The number of H-pyrrole nitrogens is 1. The van der Waals surface area contributed by atoms with E-state index >= 15 is 0 Å².